The quantitative estimate of drug-likeness (QED) is 0.675. The molecule has 0 bridgehead atoms. The second-order valence-electron chi connectivity index (χ2n) is 5.79. The van der Waals surface area contributed by atoms with E-state index in [-0.39, 0.29) is 30.4 Å². The van der Waals surface area contributed by atoms with Gasteiger partial charge in [0.15, 0.2) is 0 Å². The van der Waals surface area contributed by atoms with Crippen LogP contribution in [0.2, 0.25) is 5.02 Å². The predicted octanol–water partition coefficient (Wildman–Crippen LogP) is 3.73. The van der Waals surface area contributed by atoms with E-state index in [4.69, 9.17) is 17.3 Å². The second-order valence-corrected chi connectivity index (χ2v) is 6.22. The Bertz CT molecular complexity index is 686. The van der Waals surface area contributed by atoms with Gasteiger partial charge in [-0.25, -0.2) is 4.39 Å². The molecule has 1 amide bonds. The lowest BCUT2D eigenvalue weighted by atomic mass is 10.1. The molecule has 0 aliphatic carbocycles. The molecule has 4 nitrogen and oxygen atoms in total. The highest BCUT2D eigenvalue weighted by atomic mass is 35.5. The number of carbonyl (C=O) groups is 1. The Morgan fingerprint density at radius 1 is 1.12 bits per heavy atom. The van der Waals surface area contributed by atoms with Gasteiger partial charge < -0.3 is 16.0 Å². The van der Waals surface area contributed by atoms with Crippen LogP contribution in [-0.4, -0.2) is 37.0 Å². The summed E-state index contributed by atoms with van der Waals surface area (Å²) >= 11 is 5.71. The molecule has 2 aromatic carbocycles. The summed E-state index contributed by atoms with van der Waals surface area (Å²) in [5.41, 5.74) is 7.05. The number of carbonyl (C=O) groups excluding carboxylic acids is 1. The van der Waals surface area contributed by atoms with Crippen molar-refractivity contribution in [1.29, 1.82) is 0 Å². The summed E-state index contributed by atoms with van der Waals surface area (Å²) in [7, 11) is 0. The molecule has 26 heavy (non-hydrogen) atoms. The minimum absolute atomic E-state index is 0. The predicted molar refractivity (Wildman–Crippen MR) is 108 cm³/mol. The first kappa shape index (κ1) is 22.4. The first-order valence-corrected chi connectivity index (χ1v) is 8.67. The zero-order chi connectivity index (χ0) is 18.1. The molecule has 0 radical (unpaired) electrons. The van der Waals surface area contributed by atoms with Gasteiger partial charge in [-0.2, -0.15) is 0 Å². The number of halogens is 3. The molecule has 0 saturated carbocycles. The Kier molecular flexibility index (Phi) is 10.2. The number of nitrogens with one attached hydrogen (secondary N) is 1. The molecule has 0 aliphatic rings. The van der Waals surface area contributed by atoms with Gasteiger partial charge in [0.05, 0.1) is 5.69 Å². The molecule has 0 heterocycles. The maximum absolute atomic E-state index is 13.7. The molecular weight excluding hydrogens is 376 g/mol. The number of hydrogen-bond donors (Lipinski definition) is 2. The third-order valence-electron chi connectivity index (χ3n) is 3.87. The van der Waals surface area contributed by atoms with Gasteiger partial charge >= 0.3 is 0 Å². The molecule has 3 N–H and O–H groups in total. The average Bonchev–Trinajstić information content (AvgIpc) is 2.61. The van der Waals surface area contributed by atoms with Crippen LogP contribution in [0.4, 0.5) is 10.1 Å². The highest BCUT2D eigenvalue weighted by molar-refractivity contribution is 6.30. The van der Waals surface area contributed by atoms with E-state index < -0.39 is 5.82 Å². The highest BCUT2D eigenvalue weighted by Crippen LogP contribution is 2.19. The molecule has 2 rings (SSSR count). The van der Waals surface area contributed by atoms with Gasteiger partial charge in [-0.3, -0.25) is 4.79 Å². The Hall–Kier alpha value is -1.66. The van der Waals surface area contributed by atoms with Gasteiger partial charge in [0, 0.05) is 37.6 Å². The van der Waals surface area contributed by atoms with Crippen LogP contribution in [-0.2, 0) is 11.2 Å². The number of benzene rings is 2. The molecule has 0 aliphatic heterocycles. The number of anilines is 1. The maximum atomic E-state index is 13.7. The smallest absolute Gasteiger partial charge is 0.225 e. The van der Waals surface area contributed by atoms with Crippen LogP contribution in [0.15, 0.2) is 48.5 Å². The van der Waals surface area contributed by atoms with Gasteiger partial charge in [0.1, 0.15) is 5.82 Å². The van der Waals surface area contributed by atoms with E-state index in [1.54, 1.807) is 6.07 Å². The minimum Gasteiger partial charge on any atom is -0.329 e. The summed E-state index contributed by atoms with van der Waals surface area (Å²) in [6.45, 7) is 2.65. The zero-order valence-corrected chi connectivity index (χ0v) is 16.0. The van der Waals surface area contributed by atoms with Crippen molar-refractivity contribution < 1.29 is 9.18 Å². The third-order valence-corrected chi connectivity index (χ3v) is 4.10. The van der Waals surface area contributed by atoms with Crippen molar-refractivity contribution >= 4 is 35.6 Å². The number of hydrogen-bond acceptors (Lipinski definition) is 3. The van der Waals surface area contributed by atoms with Crippen LogP contribution in [0.5, 0.6) is 0 Å². The number of nitrogens with zero attached hydrogens (tertiary/aromatic N) is 1. The largest absolute Gasteiger partial charge is 0.329 e. The van der Waals surface area contributed by atoms with Crippen molar-refractivity contribution in [3.63, 3.8) is 0 Å². The van der Waals surface area contributed by atoms with E-state index in [1.807, 2.05) is 18.2 Å². The van der Waals surface area contributed by atoms with Crippen molar-refractivity contribution in [2.75, 3.05) is 31.5 Å². The summed E-state index contributed by atoms with van der Waals surface area (Å²) in [6, 6.07) is 14.4. The number of amides is 1. The Morgan fingerprint density at radius 3 is 2.50 bits per heavy atom. The SMILES string of the molecule is Cl.NCCN(CCC(=O)Nc1ccc(Cl)cc1F)CCc1ccccc1. The Labute approximate surface area is 164 Å². The second kappa shape index (κ2) is 11.9. The summed E-state index contributed by atoms with van der Waals surface area (Å²) in [5, 5.41) is 2.87. The monoisotopic (exact) mass is 399 g/mol. The maximum Gasteiger partial charge on any atom is 0.225 e. The van der Waals surface area contributed by atoms with Crippen LogP contribution in [0.3, 0.4) is 0 Å². The number of nitrogens with two attached hydrogens (primary N) is 1. The summed E-state index contributed by atoms with van der Waals surface area (Å²) in [6.07, 6.45) is 1.17. The standard InChI is InChI=1S/C19H23ClFN3O.ClH/c20-16-6-7-18(17(21)14-16)23-19(25)9-12-24(13-10-22)11-8-15-4-2-1-3-5-15;/h1-7,14H,8-13,22H2,(H,23,25);1H. The fourth-order valence-electron chi connectivity index (χ4n) is 2.51. The van der Waals surface area contributed by atoms with E-state index in [1.165, 1.54) is 17.7 Å². The minimum atomic E-state index is -0.538. The number of rotatable bonds is 9. The van der Waals surface area contributed by atoms with E-state index in [0.29, 0.717) is 18.1 Å². The molecule has 0 spiro atoms. The first-order chi connectivity index (χ1) is 12.1. The van der Waals surface area contributed by atoms with Crippen molar-refractivity contribution in [2.24, 2.45) is 5.73 Å². The average molecular weight is 400 g/mol. The van der Waals surface area contributed by atoms with Crippen LogP contribution in [0.25, 0.3) is 0 Å². The van der Waals surface area contributed by atoms with Crippen molar-refractivity contribution in [3.05, 3.63) is 64.9 Å². The van der Waals surface area contributed by atoms with Crippen molar-refractivity contribution in [1.82, 2.24) is 4.90 Å². The van der Waals surface area contributed by atoms with Gasteiger partial charge in [-0.05, 0) is 30.2 Å². The molecule has 2 aromatic rings. The van der Waals surface area contributed by atoms with Crippen LogP contribution < -0.4 is 11.1 Å². The summed E-state index contributed by atoms with van der Waals surface area (Å²) in [4.78, 5) is 14.2. The molecule has 142 valence electrons. The molecule has 0 saturated heterocycles. The van der Waals surface area contributed by atoms with Gasteiger partial charge in [-0.15, -0.1) is 12.4 Å². The zero-order valence-electron chi connectivity index (χ0n) is 14.5. The highest BCUT2D eigenvalue weighted by Gasteiger charge is 2.10. The summed E-state index contributed by atoms with van der Waals surface area (Å²) in [5.74, 6) is -0.772. The van der Waals surface area contributed by atoms with E-state index >= 15 is 0 Å². The lowest BCUT2D eigenvalue weighted by Crippen LogP contribution is -2.34. The van der Waals surface area contributed by atoms with E-state index in [2.05, 4.69) is 22.3 Å². The molecule has 0 unspecified atom stereocenters. The molecule has 0 fully saturated rings. The Balaban J connectivity index is 0.00000338. The fourth-order valence-corrected chi connectivity index (χ4v) is 2.67. The fraction of sp³-hybridized carbons (Fsp3) is 0.316. The van der Waals surface area contributed by atoms with Crippen LogP contribution in [0, 0.1) is 5.82 Å². The van der Waals surface area contributed by atoms with Gasteiger partial charge in [0.25, 0.3) is 0 Å². The molecule has 7 heteroatoms. The van der Waals surface area contributed by atoms with Gasteiger partial charge in [-0.1, -0.05) is 41.9 Å². The van der Waals surface area contributed by atoms with E-state index in [0.717, 1.165) is 19.5 Å². The molecule has 0 atom stereocenters. The summed E-state index contributed by atoms with van der Waals surface area (Å²) < 4.78 is 13.7. The topological polar surface area (TPSA) is 58.4 Å². The lowest BCUT2D eigenvalue weighted by Gasteiger charge is -2.21. The van der Waals surface area contributed by atoms with Crippen LogP contribution in [0.1, 0.15) is 12.0 Å². The molecular formula is C19H24Cl2FN3O. The normalized spacial score (nSPS) is 10.5. The van der Waals surface area contributed by atoms with Gasteiger partial charge in [0.2, 0.25) is 5.91 Å². The Morgan fingerprint density at radius 2 is 1.85 bits per heavy atom. The van der Waals surface area contributed by atoms with E-state index in [9.17, 15) is 9.18 Å². The molecule has 0 aromatic heterocycles. The first-order valence-electron chi connectivity index (χ1n) is 8.29. The third kappa shape index (κ3) is 7.70. The van der Waals surface area contributed by atoms with Crippen molar-refractivity contribution in [2.45, 2.75) is 12.8 Å². The van der Waals surface area contributed by atoms with Crippen molar-refractivity contribution in [3.8, 4) is 0 Å². The lowest BCUT2D eigenvalue weighted by molar-refractivity contribution is -0.116. The van der Waals surface area contributed by atoms with Crippen LogP contribution >= 0.6 is 24.0 Å².